The van der Waals surface area contributed by atoms with Crippen LogP contribution in [0.15, 0.2) is 18.2 Å². The SMILES string of the molecule is Cc1ccc2[nH]c(I)cc2n1. The molecule has 0 fully saturated rings. The first-order valence-electron chi connectivity index (χ1n) is 3.37. The third-order valence-corrected chi connectivity index (χ3v) is 2.16. The van der Waals surface area contributed by atoms with Crippen molar-refractivity contribution >= 4 is 33.6 Å². The van der Waals surface area contributed by atoms with E-state index in [1.54, 1.807) is 0 Å². The van der Waals surface area contributed by atoms with Crippen molar-refractivity contribution in [3.05, 3.63) is 27.6 Å². The smallest absolute Gasteiger partial charge is 0.0893 e. The molecule has 0 saturated carbocycles. The first-order chi connectivity index (χ1) is 5.25. The molecule has 2 nitrogen and oxygen atoms in total. The summed E-state index contributed by atoms with van der Waals surface area (Å²) < 4.78 is 1.13. The van der Waals surface area contributed by atoms with Crippen molar-refractivity contribution in [3.63, 3.8) is 0 Å². The molecule has 0 spiro atoms. The fraction of sp³-hybridized carbons (Fsp3) is 0.125. The van der Waals surface area contributed by atoms with E-state index in [9.17, 15) is 0 Å². The molecule has 0 aliphatic rings. The second-order valence-electron chi connectivity index (χ2n) is 2.50. The van der Waals surface area contributed by atoms with Gasteiger partial charge in [0.2, 0.25) is 0 Å². The zero-order valence-corrected chi connectivity index (χ0v) is 8.21. The summed E-state index contributed by atoms with van der Waals surface area (Å²) >= 11 is 2.25. The normalized spacial score (nSPS) is 10.7. The molecule has 0 unspecified atom stereocenters. The molecule has 0 bridgehead atoms. The number of aromatic nitrogens is 2. The number of nitrogens with zero attached hydrogens (tertiary/aromatic N) is 1. The number of rotatable bonds is 0. The van der Waals surface area contributed by atoms with Crippen LogP contribution in [0.1, 0.15) is 5.69 Å². The first kappa shape index (κ1) is 7.09. The molecular formula is C8H7IN2. The predicted octanol–water partition coefficient (Wildman–Crippen LogP) is 2.48. The van der Waals surface area contributed by atoms with E-state index in [4.69, 9.17) is 0 Å². The Kier molecular flexibility index (Phi) is 1.60. The van der Waals surface area contributed by atoms with Crippen LogP contribution in [0.3, 0.4) is 0 Å². The third kappa shape index (κ3) is 1.24. The lowest BCUT2D eigenvalue weighted by atomic mass is 10.3. The molecule has 2 aromatic rings. The van der Waals surface area contributed by atoms with Gasteiger partial charge in [-0.25, -0.2) is 0 Å². The minimum Gasteiger partial charge on any atom is -0.349 e. The highest BCUT2D eigenvalue weighted by Crippen LogP contribution is 2.14. The number of aryl methyl sites for hydroxylation is 1. The summed E-state index contributed by atoms with van der Waals surface area (Å²) in [4.78, 5) is 7.57. The zero-order chi connectivity index (χ0) is 7.84. The van der Waals surface area contributed by atoms with E-state index in [2.05, 4.69) is 38.6 Å². The maximum Gasteiger partial charge on any atom is 0.0893 e. The van der Waals surface area contributed by atoms with Gasteiger partial charge in [-0.1, -0.05) is 0 Å². The molecule has 11 heavy (non-hydrogen) atoms. The molecule has 1 N–H and O–H groups in total. The molecule has 2 heterocycles. The van der Waals surface area contributed by atoms with Crippen LogP contribution in [0.2, 0.25) is 0 Å². The molecular weight excluding hydrogens is 251 g/mol. The Balaban J connectivity index is 2.82. The monoisotopic (exact) mass is 258 g/mol. The Morgan fingerprint density at radius 2 is 2.27 bits per heavy atom. The largest absolute Gasteiger partial charge is 0.349 e. The van der Waals surface area contributed by atoms with Gasteiger partial charge in [0.1, 0.15) is 0 Å². The van der Waals surface area contributed by atoms with E-state index in [1.807, 2.05) is 19.1 Å². The first-order valence-corrected chi connectivity index (χ1v) is 4.45. The Hall–Kier alpha value is -0.580. The minimum atomic E-state index is 1.05. The minimum absolute atomic E-state index is 1.05. The van der Waals surface area contributed by atoms with E-state index in [0.717, 1.165) is 20.4 Å². The van der Waals surface area contributed by atoms with Crippen molar-refractivity contribution in [1.82, 2.24) is 9.97 Å². The average Bonchev–Trinajstić information content (AvgIpc) is 2.27. The fourth-order valence-electron chi connectivity index (χ4n) is 1.08. The molecule has 3 heteroatoms. The van der Waals surface area contributed by atoms with E-state index < -0.39 is 0 Å². The molecule has 0 aliphatic carbocycles. The lowest BCUT2D eigenvalue weighted by Gasteiger charge is -1.89. The van der Waals surface area contributed by atoms with E-state index in [1.165, 1.54) is 0 Å². The van der Waals surface area contributed by atoms with Crippen LogP contribution in [-0.4, -0.2) is 9.97 Å². The summed E-state index contributed by atoms with van der Waals surface area (Å²) in [5, 5.41) is 0. The maximum atomic E-state index is 4.36. The number of H-pyrrole nitrogens is 1. The zero-order valence-electron chi connectivity index (χ0n) is 6.06. The Labute approximate surface area is 78.2 Å². The van der Waals surface area contributed by atoms with Gasteiger partial charge >= 0.3 is 0 Å². The quantitative estimate of drug-likeness (QED) is 0.722. The standard InChI is InChI=1S/C8H7IN2/c1-5-2-3-6-7(10-5)4-8(9)11-6/h2-4,11H,1H3. The average molecular weight is 258 g/mol. The number of halogens is 1. The van der Waals surface area contributed by atoms with Gasteiger partial charge < -0.3 is 4.98 Å². The van der Waals surface area contributed by atoms with E-state index >= 15 is 0 Å². The Bertz CT molecular complexity index is 392. The second-order valence-corrected chi connectivity index (χ2v) is 3.66. The van der Waals surface area contributed by atoms with Crippen LogP contribution in [0.25, 0.3) is 11.0 Å². The summed E-state index contributed by atoms with van der Waals surface area (Å²) in [7, 11) is 0. The molecule has 2 aromatic heterocycles. The topological polar surface area (TPSA) is 28.7 Å². The van der Waals surface area contributed by atoms with Gasteiger partial charge in [0, 0.05) is 5.69 Å². The van der Waals surface area contributed by atoms with Gasteiger partial charge in [-0.3, -0.25) is 4.98 Å². The molecule has 0 aliphatic heterocycles. The third-order valence-electron chi connectivity index (χ3n) is 1.58. The van der Waals surface area contributed by atoms with Gasteiger partial charge in [0.15, 0.2) is 0 Å². The highest BCUT2D eigenvalue weighted by atomic mass is 127. The number of hydrogen-bond donors (Lipinski definition) is 1. The van der Waals surface area contributed by atoms with Crippen LogP contribution >= 0.6 is 22.6 Å². The Morgan fingerprint density at radius 1 is 1.45 bits per heavy atom. The maximum absolute atomic E-state index is 4.36. The van der Waals surface area contributed by atoms with Gasteiger partial charge in [0.25, 0.3) is 0 Å². The van der Waals surface area contributed by atoms with Gasteiger partial charge in [-0.05, 0) is 47.7 Å². The highest BCUT2D eigenvalue weighted by molar-refractivity contribution is 14.1. The summed E-state index contributed by atoms with van der Waals surface area (Å²) in [5.41, 5.74) is 3.22. The lowest BCUT2D eigenvalue weighted by Crippen LogP contribution is -1.78. The Morgan fingerprint density at radius 3 is 3.09 bits per heavy atom. The van der Waals surface area contributed by atoms with Crippen molar-refractivity contribution in [2.45, 2.75) is 6.92 Å². The second kappa shape index (κ2) is 2.48. The molecule has 0 saturated heterocycles. The van der Waals surface area contributed by atoms with Gasteiger partial charge in [-0.15, -0.1) is 0 Å². The van der Waals surface area contributed by atoms with Crippen molar-refractivity contribution in [2.24, 2.45) is 0 Å². The van der Waals surface area contributed by atoms with Crippen LogP contribution < -0.4 is 0 Å². The molecule has 0 amide bonds. The van der Waals surface area contributed by atoms with Crippen LogP contribution in [0.4, 0.5) is 0 Å². The number of fused-ring (bicyclic) bond motifs is 1. The molecule has 0 atom stereocenters. The fourth-order valence-corrected chi connectivity index (χ4v) is 1.66. The van der Waals surface area contributed by atoms with Crippen LogP contribution in [0.5, 0.6) is 0 Å². The summed E-state index contributed by atoms with van der Waals surface area (Å²) in [6, 6.07) is 6.11. The van der Waals surface area contributed by atoms with Crippen LogP contribution in [0, 0.1) is 10.6 Å². The van der Waals surface area contributed by atoms with Crippen molar-refractivity contribution in [3.8, 4) is 0 Å². The lowest BCUT2D eigenvalue weighted by molar-refractivity contribution is 1.26. The summed E-state index contributed by atoms with van der Waals surface area (Å²) in [6.45, 7) is 2.00. The van der Waals surface area contributed by atoms with Crippen LogP contribution in [-0.2, 0) is 0 Å². The summed E-state index contributed by atoms with van der Waals surface area (Å²) in [5.74, 6) is 0. The summed E-state index contributed by atoms with van der Waals surface area (Å²) in [6.07, 6.45) is 0. The predicted molar refractivity (Wildman–Crippen MR) is 53.5 cm³/mol. The van der Waals surface area contributed by atoms with Crippen molar-refractivity contribution in [2.75, 3.05) is 0 Å². The molecule has 0 radical (unpaired) electrons. The highest BCUT2D eigenvalue weighted by Gasteiger charge is 1.97. The van der Waals surface area contributed by atoms with Crippen molar-refractivity contribution in [1.29, 1.82) is 0 Å². The number of pyridine rings is 1. The molecule has 2 rings (SSSR count). The van der Waals surface area contributed by atoms with Crippen molar-refractivity contribution < 1.29 is 0 Å². The van der Waals surface area contributed by atoms with Gasteiger partial charge in [-0.2, -0.15) is 0 Å². The molecule has 0 aromatic carbocycles. The molecule has 56 valence electrons. The number of nitrogens with one attached hydrogen (secondary N) is 1. The number of hydrogen-bond acceptors (Lipinski definition) is 1. The van der Waals surface area contributed by atoms with E-state index in [-0.39, 0.29) is 0 Å². The van der Waals surface area contributed by atoms with Gasteiger partial charge in [0.05, 0.1) is 14.7 Å². The van der Waals surface area contributed by atoms with E-state index in [0.29, 0.717) is 0 Å². The number of aromatic amines is 1.